The molecule has 0 aromatic rings. The van der Waals surface area contributed by atoms with Crippen LogP contribution < -0.4 is 4.72 Å². The minimum absolute atomic E-state index is 0.173. The van der Waals surface area contributed by atoms with Gasteiger partial charge in [-0.2, -0.15) is 17.4 Å². The van der Waals surface area contributed by atoms with Crippen LogP contribution in [0, 0.1) is 0 Å². The van der Waals surface area contributed by atoms with Gasteiger partial charge < -0.3 is 9.84 Å². The highest BCUT2D eigenvalue weighted by Crippen LogP contribution is 2.04. The van der Waals surface area contributed by atoms with Crippen molar-refractivity contribution in [1.29, 1.82) is 0 Å². The molecule has 0 aliphatic rings. The second-order valence-electron chi connectivity index (χ2n) is 3.97. The third-order valence-corrected chi connectivity index (χ3v) is 4.04. The Bertz CT molecular complexity index is 344. The lowest BCUT2D eigenvalue weighted by Gasteiger charge is -2.20. The van der Waals surface area contributed by atoms with Crippen molar-refractivity contribution in [3.8, 4) is 0 Å². The van der Waals surface area contributed by atoms with Crippen LogP contribution in [-0.2, 0) is 19.7 Å². The zero-order chi connectivity index (χ0) is 14.2. The van der Waals surface area contributed by atoms with Crippen molar-refractivity contribution >= 4 is 16.2 Å². The molecule has 1 atom stereocenters. The number of carboxylic acids is 1. The number of rotatable bonds is 10. The van der Waals surface area contributed by atoms with E-state index in [1.165, 1.54) is 14.2 Å². The predicted molar refractivity (Wildman–Crippen MR) is 67.5 cm³/mol. The number of hydrogen-bond acceptors (Lipinski definition) is 4. The molecule has 0 fully saturated rings. The van der Waals surface area contributed by atoms with E-state index in [0.29, 0.717) is 6.42 Å². The van der Waals surface area contributed by atoms with E-state index >= 15 is 0 Å². The fourth-order valence-electron chi connectivity index (χ4n) is 1.25. The highest BCUT2D eigenvalue weighted by molar-refractivity contribution is 7.87. The van der Waals surface area contributed by atoms with Crippen molar-refractivity contribution in [3.05, 3.63) is 0 Å². The third-order valence-electron chi connectivity index (χ3n) is 2.46. The molecule has 0 aromatic carbocycles. The molecule has 7 nitrogen and oxygen atoms in total. The van der Waals surface area contributed by atoms with E-state index in [0.717, 1.165) is 10.7 Å². The number of carbonyl (C=O) groups is 1. The van der Waals surface area contributed by atoms with Crippen molar-refractivity contribution in [2.75, 3.05) is 27.3 Å². The molecule has 0 aliphatic carbocycles. The summed E-state index contributed by atoms with van der Waals surface area (Å²) >= 11 is 0. The van der Waals surface area contributed by atoms with Crippen LogP contribution in [0.1, 0.15) is 26.2 Å². The van der Waals surface area contributed by atoms with E-state index in [2.05, 4.69) is 4.72 Å². The Morgan fingerprint density at radius 2 is 2.11 bits per heavy atom. The van der Waals surface area contributed by atoms with Crippen molar-refractivity contribution < 1.29 is 23.1 Å². The van der Waals surface area contributed by atoms with Crippen LogP contribution in [0.5, 0.6) is 0 Å². The monoisotopic (exact) mass is 282 g/mol. The smallest absolute Gasteiger partial charge is 0.321 e. The topological polar surface area (TPSA) is 95.9 Å². The quantitative estimate of drug-likeness (QED) is 0.590. The second kappa shape index (κ2) is 8.41. The molecule has 0 bridgehead atoms. The molecular weight excluding hydrogens is 260 g/mol. The van der Waals surface area contributed by atoms with Gasteiger partial charge in [0.2, 0.25) is 0 Å². The first-order valence-corrected chi connectivity index (χ1v) is 7.24. The summed E-state index contributed by atoms with van der Waals surface area (Å²) in [5.41, 5.74) is 0. The molecular formula is C10H22N2O5S. The number of hydrogen-bond donors (Lipinski definition) is 2. The molecule has 0 aliphatic heterocycles. The Balaban J connectivity index is 4.54. The van der Waals surface area contributed by atoms with Gasteiger partial charge in [-0.25, -0.2) is 0 Å². The Kier molecular flexibility index (Phi) is 8.08. The maximum absolute atomic E-state index is 11.8. The molecule has 108 valence electrons. The first kappa shape index (κ1) is 17.3. The molecule has 0 heterocycles. The van der Waals surface area contributed by atoms with Gasteiger partial charge in [-0.1, -0.05) is 19.8 Å². The van der Waals surface area contributed by atoms with Crippen LogP contribution in [0.25, 0.3) is 0 Å². The average molecular weight is 282 g/mol. The van der Waals surface area contributed by atoms with Gasteiger partial charge in [0.1, 0.15) is 6.04 Å². The van der Waals surface area contributed by atoms with Gasteiger partial charge in [0.25, 0.3) is 10.2 Å². The standard InChI is InChI=1S/C10H22N2O5S/c1-4-5-6-9(10(13)14)11-18(15,16)12(2)7-8-17-3/h9,11H,4-8H2,1-3H3,(H,13,14)/t9-/m0/s1. The molecule has 0 spiro atoms. The van der Waals surface area contributed by atoms with Gasteiger partial charge in [0.15, 0.2) is 0 Å². The summed E-state index contributed by atoms with van der Waals surface area (Å²) in [5, 5.41) is 8.95. The summed E-state index contributed by atoms with van der Waals surface area (Å²) in [6, 6.07) is -1.08. The predicted octanol–water partition coefficient (Wildman–Crippen LogP) is 0.0424. The summed E-state index contributed by atoms with van der Waals surface area (Å²) in [6.07, 6.45) is 1.75. The molecule has 0 amide bonds. The Hall–Kier alpha value is -0.700. The number of likely N-dealkylation sites (N-methyl/N-ethyl adjacent to an activating group) is 1. The van der Waals surface area contributed by atoms with E-state index in [-0.39, 0.29) is 19.6 Å². The normalized spacial score (nSPS) is 13.8. The number of aliphatic carboxylic acids is 1. The molecule has 8 heteroatoms. The van der Waals surface area contributed by atoms with Crippen LogP contribution in [0.2, 0.25) is 0 Å². The Labute approximate surface area is 108 Å². The largest absolute Gasteiger partial charge is 0.480 e. The number of methoxy groups -OCH3 is 1. The van der Waals surface area contributed by atoms with Gasteiger partial charge in [-0.05, 0) is 6.42 Å². The Morgan fingerprint density at radius 3 is 2.56 bits per heavy atom. The minimum atomic E-state index is -3.78. The first-order chi connectivity index (χ1) is 8.35. The van der Waals surface area contributed by atoms with Crippen LogP contribution in [-0.4, -0.2) is 57.1 Å². The highest BCUT2D eigenvalue weighted by atomic mass is 32.2. The number of carboxylic acid groups (broad SMARTS) is 1. The van der Waals surface area contributed by atoms with E-state index in [1.54, 1.807) is 0 Å². The number of ether oxygens (including phenoxy) is 1. The van der Waals surface area contributed by atoms with Crippen LogP contribution in [0.15, 0.2) is 0 Å². The minimum Gasteiger partial charge on any atom is -0.480 e. The van der Waals surface area contributed by atoms with Gasteiger partial charge in [-0.3, -0.25) is 4.79 Å². The molecule has 0 saturated heterocycles. The zero-order valence-corrected chi connectivity index (χ0v) is 11.9. The van der Waals surface area contributed by atoms with Crippen molar-refractivity contribution in [2.24, 2.45) is 0 Å². The summed E-state index contributed by atoms with van der Waals surface area (Å²) in [7, 11) is -0.942. The molecule has 18 heavy (non-hydrogen) atoms. The van der Waals surface area contributed by atoms with Crippen molar-refractivity contribution in [3.63, 3.8) is 0 Å². The lowest BCUT2D eigenvalue weighted by atomic mass is 10.1. The van der Waals surface area contributed by atoms with Crippen molar-refractivity contribution in [2.45, 2.75) is 32.2 Å². The van der Waals surface area contributed by atoms with Gasteiger partial charge in [0.05, 0.1) is 6.61 Å². The summed E-state index contributed by atoms with van der Waals surface area (Å²) in [5.74, 6) is -1.16. The molecule has 2 N–H and O–H groups in total. The molecule has 0 unspecified atom stereocenters. The summed E-state index contributed by atoms with van der Waals surface area (Å²) < 4.78 is 31.6. The van der Waals surface area contributed by atoms with E-state index in [1.807, 2.05) is 6.92 Å². The number of nitrogens with one attached hydrogen (secondary N) is 1. The van der Waals surface area contributed by atoms with E-state index < -0.39 is 22.2 Å². The SMILES string of the molecule is CCCC[C@H](NS(=O)(=O)N(C)CCOC)C(=O)O. The van der Waals surface area contributed by atoms with Crippen molar-refractivity contribution in [1.82, 2.24) is 9.03 Å². The molecule has 0 saturated carbocycles. The number of unbranched alkanes of at least 4 members (excludes halogenated alkanes) is 1. The maximum atomic E-state index is 11.8. The summed E-state index contributed by atoms with van der Waals surface area (Å²) in [6.45, 7) is 2.34. The van der Waals surface area contributed by atoms with E-state index in [9.17, 15) is 13.2 Å². The average Bonchev–Trinajstić information content (AvgIpc) is 2.30. The maximum Gasteiger partial charge on any atom is 0.321 e. The second-order valence-corrected chi connectivity index (χ2v) is 5.78. The lowest BCUT2D eigenvalue weighted by Crippen LogP contribution is -2.47. The van der Waals surface area contributed by atoms with Crippen LogP contribution in [0.3, 0.4) is 0 Å². The van der Waals surface area contributed by atoms with Gasteiger partial charge in [-0.15, -0.1) is 0 Å². The lowest BCUT2D eigenvalue weighted by molar-refractivity contribution is -0.139. The fourth-order valence-corrected chi connectivity index (χ4v) is 2.32. The molecule has 0 aromatic heterocycles. The van der Waals surface area contributed by atoms with E-state index in [4.69, 9.17) is 9.84 Å². The first-order valence-electron chi connectivity index (χ1n) is 5.80. The molecule has 0 rings (SSSR count). The molecule has 0 radical (unpaired) electrons. The van der Waals surface area contributed by atoms with Crippen LogP contribution in [0.4, 0.5) is 0 Å². The van der Waals surface area contributed by atoms with Gasteiger partial charge >= 0.3 is 5.97 Å². The van der Waals surface area contributed by atoms with Gasteiger partial charge in [0, 0.05) is 20.7 Å². The fraction of sp³-hybridized carbons (Fsp3) is 0.900. The summed E-state index contributed by atoms with van der Waals surface area (Å²) in [4.78, 5) is 10.9. The zero-order valence-electron chi connectivity index (χ0n) is 11.0. The number of nitrogens with zero attached hydrogens (tertiary/aromatic N) is 1. The third kappa shape index (κ3) is 6.29. The van der Waals surface area contributed by atoms with Crippen LogP contribution >= 0.6 is 0 Å². The Morgan fingerprint density at radius 1 is 1.50 bits per heavy atom. The highest BCUT2D eigenvalue weighted by Gasteiger charge is 2.26.